The molecule has 1 fully saturated rings. The Balaban J connectivity index is 1.81. The Morgan fingerprint density at radius 1 is 1.43 bits per heavy atom. The molecule has 120 valence electrons. The third-order valence-electron chi connectivity index (χ3n) is 3.93. The van der Waals surface area contributed by atoms with Gasteiger partial charge in [0.25, 0.3) is 11.6 Å². The maximum absolute atomic E-state index is 12.7. The van der Waals surface area contributed by atoms with Gasteiger partial charge in [0.1, 0.15) is 5.56 Å². The maximum Gasteiger partial charge on any atom is 0.282 e. The summed E-state index contributed by atoms with van der Waals surface area (Å²) in [4.78, 5) is 29.1. The fourth-order valence-corrected chi connectivity index (χ4v) is 2.83. The number of benzene rings is 1. The fraction of sp³-hybridized carbons (Fsp3) is 0.400. The molecule has 1 amide bonds. The number of hydrogen-bond donors (Lipinski definition) is 0. The van der Waals surface area contributed by atoms with E-state index in [0.717, 1.165) is 12.8 Å². The van der Waals surface area contributed by atoms with Crippen LogP contribution < -0.4 is 0 Å². The number of nitro benzene ring substituents is 1. The van der Waals surface area contributed by atoms with Gasteiger partial charge in [-0.25, -0.2) is 0 Å². The average Bonchev–Trinajstić information content (AvgIpc) is 3.01. The summed E-state index contributed by atoms with van der Waals surface area (Å²) < 4.78 is 5.19. The van der Waals surface area contributed by atoms with E-state index in [1.165, 1.54) is 12.1 Å². The lowest BCUT2D eigenvalue weighted by Crippen LogP contribution is -2.39. The topological polar surface area (TPSA) is 102 Å². The van der Waals surface area contributed by atoms with E-state index in [4.69, 9.17) is 4.52 Å². The monoisotopic (exact) mass is 316 g/mol. The van der Waals surface area contributed by atoms with Crippen molar-refractivity contribution in [3.8, 4) is 0 Å². The van der Waals surface area contributed by atoms with E-state index in [2.05, 4.69) is 10.1 Å². The van der Waals surface area contributed by atoms with Crippen LogP contribution in [-0.4, -0.2) is 39.0 Å². The first-order valence-corrected chi connectivity index (χ1v) is 7.39. The summed E-state index contributed by atoms with van der Waals surface area (Å²) in [5.74, 6) is 0.708. The largest absolute Gasteiger partial charge is 0.339 e. The lowest BCUT2D eigenvalue weighted by Gasteiger charge is -2.30. The van der Waals surface area contributed by atoms with Crippen LogP contribution in [0.2, 0.25) is 0 Å². The van der Waals surface area contributed by atoms with Gasteiger partial charge < -0.3 is 9.42 Å². The molecule has 1 saturated heterocycles. The lowest BCUT2D eigenvalue weighted by atomic mass is 9.97. The second-order valence-corrected chi connectivity index (χ2v) is 5.54. The highest BCUT2D eigenvalue weighted by atomic mass is 16.6. The highest BCUT2D eigenvalue weighted by Gasteiger charge is 2.31. The third-order valence-corrected chi connectivity index (χ3v) is 3.93. The van der Waals surface area contributed by atoms with Crippen LogP contribution in [0.5, 0.6) is 0 Å². The number of para-hydroxylation sites is 1. The maximum atomic E-state index is 12.7. The van der Waals surface area contributed by atoms with Crippen LogP contribution in [0.4, 0.5) is 5.69 Å². The molecule has 1 aromatic carbocycles. The number of rotatable bonds is 3. The molecule has 0 bridgehead atoms. The molecule has 23 heavy (non-hydrogen) atoms. The van der Waals surface area contributed by atoms with Gasteiger partial charge in [-0.15, -0.1) is 0 Å². The Kier molecular flexibility index (Phi) is 4.05. The van der Waals surface area contributed by atoms with Crippen molar-refractivity contribution in [3.05, 3.63) is 51.7 Å². The minimum absolute atomic E-state index is 0.0309. The van der Waals surface area contributed by atoms with E-state index in [1.54, 1.807) is 24.0 Å². The summed E-state index contributed by atoms with van der Waals surface area (Å²) in [6, 6.07) is 6.01. The van der Waals surface area contributed by atoms with Gasteiger partial charge in [0.15, 0.2) is 5.82 Å². The molecule has 0 N–H and O–H groups in total. The van der Waals surface area contributed by atoms with Crippen LogP contribution in [0.15, 0.2) is 28.8 Å². The summed E-state index contributed by atoms with van der Waals surface area (Å²) in [6.07, 6.45) is 1.64. The molecular weight excluding hydrogens is 300 g/mol. The Morgan fingerprint density at radius 2 is 2.22 bits per heavy atom. The van der Waals surface area contributed by atoms with Gasteiger partial charge in [-0.1, -0.05) is 17.3 Å². The number of aryl methyl sites for hydroxylation is 1. The van der Waals surface area contributed by atoms with Crippen LogP contribution >= 0.6 is 0 Å². The van der Waals surface area contributed by atoms with Crippen molar-refractivity contribution >= 4 is 11.6 Å². The predicted molar refractivity (Wildman–Crippen MR) is 80.0 cm³/mol. The van der Waals surface area contributed by atoms with Crippen molar-refractivity contribution in [2.24, 2.45) is 0 Å². The fourth-order valence-electron chi connectivity index (χ4n) is 2.83. The number of amides is 1. The number of carbonyl (C=O) groups is 1. The molecule has 2 aromatic rings. The Hall–Kier alpha value is -2.77. The van der Waals surface area contributed by atoms with Gasteiger partial charge in [-0.05, 0) is 25.8 Å². The number of carbonyl (C=O) groups excluding carboxylic acids is 1. The predicted octanol–water partition coefficient (Wildman–Crippen LogP) is 2.31. The van der Waals surface area contributed by atoms with E-state index in [0.29, 0.717) is 24.8 Å². The van der Waals surface area contributed by atoms with Gasteiger partial charge in [0.2, 0.25) is 5.89 Å². The molecule has 0 saturated carbocycles. The zero-order valence-corrected chi connectivity index (χ0v) is 12.6. The lowest BCUT2D eigenvalue weighted by molar-refractivity contribution is -0.385. The molecule has 1 aromatic heterocycles. The van der Waals surface area contributed by atoms with Crippen molar-refractivity contribution in [2.45, 2.75) is 25.7 Å². The van der Waals surface area contributed by atoms with E-state index >= 15 is 0 Å². The summed E-state index contributed by atoms with van der Waals surface area (Å²) in [5.41, 5.74) is -0.0619. The van der Waals surface area contributed by atoms with Gasteiger partial charge in [-0.3, -0.25) is 14.9 Å². The van der Waals surface area contributed by atoms with E-state index in [1.807, 2.05) is 0 Å². The SMILES string of the molecule is Cc1noc([C@H]2CCCN(C(=O)c3ccccc3[N+](=O)[O-])C2)n1. The molecule has 3 rings (SSSR count). The van der Waals surface area contributed by atoms with Gasteiger partial charge >= 0.3 is 0 Å². The highest BCUT2D eigenvalue weighted by molar-refractivity contribution is 5.98. The first kappa shape index (κ1) is 15.1. The number of piperidine rings is 1. The number of hydrogen-bond acceptors (Lipinski definition) is 6. The minimum Gasteiger partial charge on any atom is -0.339 e. The summed E-state index contributed by atoms with van der Waals surface area (Å²) in [6.45, 7) is 2.73. The zero-order valence-electron chi connectivity index (χ0n) is 12.6. The number of nitrogens with zero attached hydrogens (tertiary/aromatic N) is 4. The quantitative estimate of drug-likeness (QED) is 0.636. The molecule has 2 heterocycles. The van der Waals surface area contributed by atoms with E-state index in [-0.39, 0.29) is 23.1 Å². The molecule has 0 spiro atoms. The standard InChI is InChI=1S/C15H16N4O4/c1-10-16-14(23-17-10)11-5-4-8-18(9-11)15(20)12-6-2-3-7-13(12)19(21)22/h2-3,6-7,11H,4-5,8-9H2,1H3/t11-/m0/s1. The molecule has 0 aliphatic carbocycles. The summed E-state index contributed by atoms with van der Waals surface area (Å²) in [5, 5.41) is 14.9. The summed E-state index contributed by atoms with van der Waals surface area (Å²) >= 11 is 0. The Morgan fingerprint density at radius 3 is 2.91 bits per heavy atom. The molecule has 1 atom stereocenters. The van der Waals surface area contributed by atoms with E-state index in [9.17, 15) is 14.9 Å². The van der Waals surface area contributed by atoms with Crippen LogP contribution in [-0.2, 0) is 0 Å². The van der Waals surface area contributed by atoms with Crippen molar-refractivity contribution in [1.29, 1.82) is 0 Å². The molecule has 8 nitrogen and oxygen atoms in total. The minimum atomic E-state index is -0.532. The molecule has 1 aliphatic rings. The van der Waals surface area contributed by atoms with Crippen molar-refractivity contribution in [3.63, 3.8) is 0 Å². The van der Waals surface area contributed by atoms with Gasteiger partial charge in [0.05, 0.1) is 10.8 Å². The van der Waals surface area contributed by atoms with Crippen LogP contribution in [0.1, 0.15) is 40.8 Å². The second-order valence-electron chi connectivity index (χ2n) is 5.54. The smallest absolute Gasteiger partial charge is 0.282 e. The van der Waals surface area contributed by atoms with Gasteiger partial charge in [0, 0.05) is 19.2 Å². The Labute approximate surface area is 132 Å². The normalized spacial score (nSPS) is 18.0. The third kappa shape index (κ3) is 3.05. The van der Waals surface area contributed by atoms with Crippen molar-refractivity contribution < 1.29 is 14.2 Å². The van der Waals surface area contributed by atoms with Crippen LogP contribution in [0.3, 0.4) is 0 Å². The first-order chi connectivity index (χ1) is 11.1. The molecule has 8 heteroatoms. The molecular formula is C15H16N4O4. The van der Waals surface area contributed by atoms with E-state index < -0.39 is 4.92 Å². The Bertz CT molecular complexity index is 743. The number of aromatic nitrogens is 2. The van der Waals surface area contributed by atoms with Crippen LogP contribution in [0.25, 0.3) is 0 Å². The molecule has 0 unspecified atom stereocenters. The highest BCUT2D eigenvalue weighted by Crippen LogP contribution is 2.28. The van der Waals surface area contributed by atoms with Crippen LogP contribution in [0, 0.1) is 17.0 Å². The zero-order chi connectivity index (χ0) is 16.4. The van der Waals surface area contributed by atoms with Crippen molar-refractivity contribution in [2.75, 3.05) is 13.1 Å². The van der Waals surface area contributed by atoms with Crippen molar-refractivity contribution in [1.82, 2.24) is 15.0 Å². The number of nitro groups is 1. The molecule has 1 aliphatic heterocycles. The summed E-state index contributed by atoms with van der Waals surface area (Å²) in [7, 11) is 0. The molecule has 0 radical (unpaired) electrons. The average molecular weight is 316 g/mol. The number of likely N-dealkylation sites (tertiary alicyclic amines) is 1. The van der Waals surface area contributed by atoms with Gasteiger partial charge in [-0.2, -0.15) is 4.98 Å². The first-order valence-electron chi connectivity index (χ1n) is 7.39. The second kappa shape index (κ2) is 6.15.